The highest BCUT2D eigenvalue weighted by atomic mass is 19.4. The van der Waals surface area contributed by atoms with Crippen molar-refractivity contribution in [2.75, 3.05) is 11.4 Å². The molecule has 0 aliphatic carbocycles. The third kappa shape index (κ3) is 7.56. The molecule has 36 heavy (non-hydrogen) atoms. The first-order valence-corrected chi connectivity index (χ1v) is 11.1. The minimum absolute atomic E-state index is 0.0193. The third-order valence-electron chi connectivity index (χ3n) is 4.78. The van der Waals surface area contributed by atoms with Gasteiger partial charge in [0, 0.05) is 5.69 Å². The Bertz CT molecular complexity index is 1200. The molecule has 0 bridgehead atoms. The average molecular weight is 516 g/mol. The molecule has 2 N–H and O–H groups in total. The lowest BCUT2D eigenvalue weighted by molar-refractivity contribution is -0.204. The van der Waals surface area contributed by atoms with Gasteiger partial charge in [0.1, 0.15) is 11.6 Å². The highest BCUT2D eigenvalue weighted by Gasteiger charge is 2.42. The zero-order valence-electron chi connectivity index (χ0n) is 21.0. The molecule has 0 saturated heterocycles. The number of halogens is 6. The number of nitrogens with one attached hydrogen (secondary N) is 2. The highest BCUT2D eigenvalue weighted by Crippen LogP contribution is 2.36. The van der Waals surface area contributed by atoms with Crippen LogP contribution < -0.4 is 10.5 Å². The maximum atomic E-state index is 14.6. The highest BCUT2D eigenvalue weighted by molar-refractivity contribution is 5.94. The second kappa shape index (κ2) is 12.5. The summed E-state index contributed by atoms with van der Waals surface area (Å²) >= 11 is 0. The number of aromatic nitrogens is 2. The molecule has 0 aliphatic heterocycles. The Kier molecular flexibility index (Phi) is 10.7. The average Bonchev–Trinajstić information content (AvgIpc) is 2.77. The fourth-order valence-corrected chi connectivity index (χ4v) is 2.83. The monoisotopic (exact) mass is 515 g/mol. The summed E-state index contributed by atoms with van der Waals surface area (Å²) in [5.41, 5.74) is -0.424. The molecule has 198 valence electrons. The fraction of sp³-hybridized carbons (Fsp3) is 0.400. The quantitative estimate of drug-likeness (QED) is 0.211. The first kappa shape index (κ1) is 30.7. The lowest BCUT2D eigenvalue weighted by Gasteiger charge is -2.25. The van der Waals surface area contributed by atoms with Crippen LogP contribution >= 0.6 is 0 Å². The molecule has 0 spiro atoms. The molecule has 11 heteroatoms. The van der Waals surface area contributed by atoms with Crippen molar-refractivity contribution in [3.63, 3.8) is 0 Å². The van der Waals surface area contributed by atoms with Gasteiger partial charge in [-0.1, -0.05) is 52.8 Å². The molecule has 2 aromatic carbocycles. The Labute approximate surface area is 206 Å². The van der Waals surface area contributed by atoms with Gasteiger partial charge in [-0.25, -0.2) is 13.2 Å². The largest absolute Gasteiger partial charge is 0.393 e. The van der Waals surface area contributed by atoms with E-state index >= 15 is 0 Å². The van der Waals surface area contributed by atoms with E-state index in [1.807, 2.05) is 26.8 Å². The summed E-state index contributed by atoms with van der Waals surface area (Å²) in [6, 6.07) is 11.0. The zero-order valence-corrected chi connectivity index (χ0v) is 21.0. The van der Waals surface area contributed by atoms with Crippen molar-refractivity contribution < 1.29 is 26.3 Å². The summed E-state index contributed by atoms with van der Waals surface area (Å²) in [6.45, 7) is 8.56. The van der Waals surface area contributed by atoms with Crippen LogP contribution in [0.1, 0.15) is 40.2 Å². The van der Waals surface area contributed by atoms with E-state index in [0.717, 1.165) is 37.2 Å². The summed E-state index contributed by atoms with van der Waals surface area (Å²) in [6.07, 6.45) is -5.92. The maximum absolute atomic E-state index is 14.6. The second-order valence-corrected chi connectivity index (χ2v) is 8.48. The minimum Gasteiger partial charge on any atom is -0.320 e. The molecule has 1 aromatic heterocycles. The standard InChI is InChI=1S/C18H16F3N5.C5H9F3.C2H6/c1-11-4-2-5-12(8-11)25(9-15(20)21)17-16-13(19)6-3-7-14(16)26(10-22)18(23)24-17;1-4(2,3)5(6,7)8;1-2/h2-8,10,15,22-23H,9H2,1H3;1-3H3;1-2H3. The van der Waals surface area contributed by atoms with E-state index in [2.05, 4.69) is 4.98 Å². The van der Waals surface area contributed by atoms with Crippen LogP contribution in [0.25, 0.3) is 10.9 Å². The number of nitrogens with zero attached hydrogens (tertiary/aromatic N) is 3. The van der Waals surface area contributed by atoms with E-state index in [-0.39, 0.29) is 22.3 Å². The van der Waals surface area contributed by atoms with Gasteiger partial charge in [0.05, 0.1) is 29.2 Å². The van der Waals surface area contributed by atoms with Crippen molar-refractivity contribution in [2.24, 2.45) is 5.41 Å². The minimum atomic E-state index is -4.06. The van der Waals surface area contributed by atoms with Gasteiger partial charge in [0.2, 0.25) is 5.62 Å². The van der Waals surface area contributed by atoms with Gasteiger partial charge in [0.25, 0.3) is 6.43 Å². The molecular formula is C25H31F6N5. The third-order valence-corrected chi connectivity index (χ3v) is 4.78. The lowest BCUT2D eigenvalue weighted by Crippen LogP contribution is -2.31. The predicted octanol–water partition coefficient (Wildman–Crippen LogP) is 7.44. The Balaban J connectivity index is 0.000000554. The van der Waals surface area contributed by atoms with Crippen LogP contribution in [0.4, 0.5) is 37.8 Å². The second-order valence-electron chi connectivity index (χ2n) is 8.48. The van der Waals surface area contributed by atoms with E-state index in [1.54, 1.807) is 18.2 Å². The molecule has 3 aromatic rings. The first-order chi connectivity index (χ1) is 16.7. The van der Waals surface area contributed by atoms with E-state index < -0.39 is 30.4 Å². The van der Waals surface area contributed by atoms with Gasteiger partial charge in [-0.2, -0.15) is 18.2 Å². The number of aryl methyl sites for hydroxylation is 1. The number of hydrogen-bond donors (Lipinski definition) is 2. The van der Waals surface area contributed by atoms with Crippen molar-refractivity contribution in [2.45, 2.75) is 54.1 Å². The van der Waals surface area contributed by atoms with Gasteiger partial charge in [0.15, 0.2) is 0 Å². The van der Waals surface area contributed by atoms with Crippen LogP contribution in [-0.4, -0.2) is 35.0 Å². The van der Waals surface area contributed by atoms with Crippen LogP contribution in [0.3, 0.4) is 0 Å². The van der Waals surface area contributed by atoms with E-state index in [9.17, 15) is 26.3 Å². The Morgan fingerprint density at radius 2 is 1.61 bits per heavy atom. The zero-order chi connectivity index (χ0) is 27.8. The summed E-state index contributed by atoms with van der Waals surface area (Å²) in [5.74, 6) is -0.736. The van der Waals surface area contributed by atoms with E-state index in [1.165, 1.54) is 23.1 Å². The SMILES string of the molecule is CC.CC(C)(C)C(F)(F)F.Cc1cccc(N(CC(F)F)c2nc(=N)n(C=N)c3cccc(F)c23)c1. The van der Waals surface area contributed by atoms with Crippen molar-refractivity contribution in [3.05, 3.63) is 59.5 Å². The van der Waals surface area contributed by atoms with Crippen LogP contribution in [0.2, 0.25) is 0 Å². The Hall–Kier alpha value is -3.37. The molecule has 0 atom stereocenters. The summed E-state index contributed by atoms with van der Waals surface area (Å²) in [5, 5.41) is 15.4. The first-order valence-electron chi connectivity index (χ1n) is 11.1. The molecule has 0 amide bonds. The topological polar surface area (TPSA) is 68.8 Å². The molecule has 0 unspecified atom stereocenters. The van der Waals surface area contributed by atoms with Crippen molar-refractivity contribution in [1.82, 2.24) is 9.55 Å². The normalized spacial score (nSPS) is 11.4. The predicted molar refractivity (Wildman–Crippen MR) is 131 cm³/mol. The molecule has 0 saturated carbocycles. The van der Waals surface area contributed by atoms with Crippen molar-refractivity contribution >= 4 is 28.7 Å². The summed E-state index contributed by atoms with van der Waals surface area (Å²) < 4.78 is 76.9. The molecule has 5 nitrogen and oxygen atoms in total. The van der Waals surface area contributed by atoms with Crippen LogP contribution in [0.15, 0.2) is 42.5 Å². The molecule has 0 fully saturated rings. The van der Waals surface area contributed by atoms with Crippen LogP contribution in [0, 0.1) is 29.0 Å². The summed E-state index contributed by atoms with van der Waals surface area (Å²) in [4.78, 5) is 5.23. The van der Waals surface area contributed by atoms with Gasteiger partial charge in [-0.15, -0.1) is 0 Å². The molecule has 3 rings (SSSR count). The molecule has 0 aliphatic rings. The van der Waals surface area contributed by atoms with Crippen LogP contribution in [0.5, 0.6) is 0 Å². The maximum Gasteiger partial charge on any atom is 0.393 e. The van der Waals surface area contributed by atoms with Gasteiger partial charge in [-0.3, -0.25) is 15.4 Å². The Morgan fingerprint density at radius 3 is 2.08 bits per heavy atom. The van der Waals surface area contributed by atoms with Crippen molar-refractivity contribution in [3.8, 4) is 0 Å². The van der Waals surface area contributed by atoms with Gasteiger partial charge >= 0.3 is 6.18 Å². The lowest BCUT2D eigenvalue weighted by atomic mass is 9.96. The number of hydrogen-bond acceptors (Lipinski definition) is 4. The number of rotatable bonds is 5. The molecule has 0 radical (unpaired) electrons. The van der Waals surface area contributed by atoms with Crippen LogP contribution in [-0.2, 0) is 0 Å². The number of alkyl halides is 5. The Morgan fingerprint density at radius 1 is 1.06 bits per heavy atom. The molecular weight excluding hydrogens is 484 g/mol. The van der Waals surface area contributed by atoms with Crippen molar-refractivity contribution in [1.29, 1.82) is 10.8 Å². The number of anilines is 2. The summed E-state index contributed by atoms with van der Waals surface area (Å²) in [7, 11) is 0. The smallest absolute Gasteiger partial charge is 0.320 e. The molecule has 1 heterocycles. The van der Waals surface area contributed by atoms with E-state index in [0.29, 0.717) is 5.69 Å². The van der Waals surface area contributed by atoms with E-state index in [4.69, 9.17) is 10.8 Å². The number of benzene rings is 2. The van der Waals surface area contributed by atoms with Gasteiger partial charge in [-0.05, 0) is 36.8 Å². The number of fused-ring (bicyclic) bond motifs is 1. The van der Waals surface area contributed by atoms with Gasteiger partial charge < -0.3 is 4.90 Å². The fourth-order valence-electron chi connectivity index (χ4n) is 2.83.